The van der Waals surface area contributed by atoms with Gasteiger partial charge in [-0.05, 0) is 37.6 Å². The van der Waals surface area contributed by atoms with E-state index in [2.05, 4.69) is 11.6 Å². The van der Waals surface area contributed by atoms with Crippen LogP contribution in [-0.4, -0.2) is 8.42 Å². The number of thiophene rings is 2. The summed E-state index contributed by atoms with van der Waals surface area (Å²) in [4.78, 5) is 3.32. The minimum absolute atomic E-state index is 0.365. The van der Waals surface area contributed by atoms with Crippen LogP contribution in [0.25, 0.3) is 0 Å². The highest BCUT2D eigenvalue weighted by molar-refractivity contribution is 7.91. The van der Waals surface area contributed by atoms with E-state index in [9.17, 15) is 8.42 Å². The molecule has 98 valence electrons. The molecule has 0 radical (unpaired) electrons. The average molecular weight is 301 g/mol. The summed E-state index contributed by atoms with van der Waals surface area (Å²) in [6.45, 7) is 4.36. The zero-order valence-electron chi connectivity index (χ0n) is 10.3. The highest BCUT2D eigenvalue weighted by atomic mass is 32.2. The van der Waals surface area contributed by atoms with Crippen molar-refractivity contribution in [3.8, 4) is 0 Å². The van der Waals surface area contributed by atoms with E-state index < -0.39 is 10.0 Å². The molecule has 0 aliphatic rings. The molecule has 3 nitrogen and oxygen atoms in total. The summed E-state index contributed by atoms with van der Waals surface area (Å²) >= 11 is 2.94. The normalized spacial score (nSPS) is 11.9. The molecule has 2 aromatic heterocycles. The molecule has 0 amide bonds. The molecule has 0 aromatic carbocycles. The molecule has 2 heterocycles. The summed E-state index contributed by atoms with van der Waals surface area (Å²) in [5, 5.41) is 0. The monoisotopic (exact) mass is 301 g/mol. The van der Waals surface area contributed by atoms with Crippen molar-refractivity contribution in [2.45, 2.75) is 31.0 Å². The highest BCUT2D eigenvalue weighted by Gasteiger charge is 2.15. The van der Waals surface area contributed by atoms with Crippen LogP contribution in [0.5, 0.6) is 0 Å². The Labute approximate surface area is 116 Å². The Balaban J connectivity index is 2.05. The van der Waals surface area contributed by atoms with Crippen molar-refractivity contribution in [2.24, 2.45) is 0 Å². The van der Waals surface area contributed by atoms with Crippen LogP contribution in [0.4, 0.5) is 0 Å². The van der Waals surface area contributed by atoms with E-state index in [1.165, 1.54) is 16.2 Å². The van der Waals surface area contributed by atoms with Gasteiger partial charge in [0, 0.05) is 21.2 Å². The van der Waals surface area contributed by atoms with E-state index >= 15 is 0 Å². The predicted octanol–water partition coefficient (Wildman–Crippen LogP) is 3.16. The second-order valence-electron chi connectivity index (χ2n) is 3.91. The lowest BCUT2D eigenvalue weighted by atomic mass is 10.4. The van der Waals surface area contributed by atoms with Crippen LogP contribution in [-0.2, 0) is 23.0 Å². The van der Waals surface area contributed by atoms with E-state index in [0.717, 1.165) is 16.2 Å². The summed E-state index contributed by atoms with van der Waals surface area (Å²) in [5.74, 6) is 0. The molecule has 0 aliphatic heterocycles. The summed E-state index contributed by atoms with van der Waals surface area (Å²) in [6, 6.07) is 7.49. The molecule has 0 fully saturated rings. The van der Waals surface area contributed by atoms with Gasteiger partial charge in [0.25, 0.3) is 0 Å². The van der Waals surface area contributed by atoms with Gasteiger partial charge < -0.3 is 0 Å². The maximum Gasteiger partial charge on any atom is 0.250 e. The SMILES string of the molecule is CCc1ccc(CNS(=O)(=O)c2ccc(C)s2)s1. The second kappa shape index (κ2) is 5.52. The molecule has 0 unspecified atom stereocenters. The van der Waals surface area contributed by atoms with Gasteiger partial charge in [-0.15, -0.1) is 22.7 Å². The van der Waals surface area contributed by atoms with Gasteiger partial charge in [0.2, 0.25) is 10.0 Å². The van der Waals surface area contributed by atoms with Crippen LogP contribution in [0, 0.1) is 6.92 Å². The zero-order valence-corrected chi connectivity index (χ0v) is 12.7. The molecular formula is C12H15NO2S3. The van der Waals surface area contributed by atoms with E-state index in [1.54, 1.807) is 17.4 Å². The van der Waals surface area contributed by atoms with Gasteiger partial charge in [-0.2, -0.15) is 0 Å². The Morgan fingerprint density at radius 1 is 1.11 bits per heavy atom. The maximum atomic E-state index is 12.0. The lowest BCUT2D eigenvalue weighted by Gasteiger charge is -2.02. The Bertz CT molecular complexity index is 625. The van der Waals surface area contributed by atoms with Crippen LogP contribution >= 0.6 is 22.7 Å². The summed E-state index contributed by atoms with van der Waals surface area (Å²) in [6.07, 6.45) is 0.988. The minimum atomic E-state index is -3.36. The molecule has 18 heavy (non-hydrogen) atoms. The summed E-state index contributed by atoms with van der Waals surface area (Å²) < 4.78 is 27.0. The first-order valence-corrected chi connectivity index (χ1v) is 8.76. The quantitative estimate of drug-likeness (QED) is 0.922. The van der Waals surface area contributed by atoms with Crippen LogP contribution in [0.3, 0.4) is 0 Å². The van der Waals surface area contributed by atoms with Crippen molar-refractivity contribution in [2.75, 3.05) is 0 Å². The van der Waals surface area contributed by atoms with Crippen molar-refractivity contribution in [1.82, 2.24) is 4.72 Å². The van der Waals surface area contributed by atoms with E-state index in [1.807, 2.05) is 25.1 Å². The van der Waals surface area contributed by atoms with Crippen LogP contribution in [0.2, 0.25) is 0 Å². The first-order chi connectivity index (χ1) is 8.51. The maximum absolute atomic E-state index is 12.0. The number of sulfonamides is 1. The smallest absolute Gasteiger partial charge is 0.206 e. The van der Waals surface area contributed by atoms with Gasteiger partial charge in [-0.1, -0.05) is 6.92 Å². The number of nitrogens with one attached hydrogen (secondary N) is 1. The first kappa shape index (κ1) is 13.7. The lowest BCUT2D eigenvalue weighted by Crippen LogP contribution is -2.21. The fraction of sp³-hybridized carbons (Fsp3) is 0.333. The van der Waals surface area contributed by atoms with E-state index in [0.29, 0.717) is 10.8 Å². The number of hydrogen-bond acceptors (Lipinski definition) is 4. The standard InChI is InChI=1S/C12H15NO2S3/c1-3-10-5-6-11(17-10)8-13-18(14,15)12-7-4-9(2)16-12/h4-7,13H,3,8H2,1-2H3. The zero-order chi connectivity index (χ0) is 13.2. The molecule has 0 spiro atoms. The Morgan fingerprint density at radius 2 is 1.83 bits per heavy atom. The Kier molecular flexibility index (Phi) is 4.21. The van der Waals surface area contributed by atoms with Crippen molar-refractivity contribution in [3.05, 3.63) is 38.9 Å². The molecule has 0 aliphatic carbocycles. The van der Waals surface area contributed by atoms with Gasteiger partial charge in [0.15, 0.2) is 0 Å². The first-order valence-electron chi connectivity index (χ1n) is 5.65. The van der Waals surface area contributed by atoms with Gasteiger partial charge in [-0.25, -0.2) is 13.1 Å². The van der Waals surface area contributed by atoms with Gasteiger partial charge >= 0.3 is 0 Å². The van der Waals surface area contributed by atoms with Gasteiger partial charge in [0.05, 0.1) is 0 Å². The van der Waals surface area contributed by atoms with Crippen molar-refractivity contribution < 1.29 is 8.42 Å². The van der Waals surface area contributed by atoms with Gasteiger partial charge in [0.1, 0.15) is 4.21 Å². The van der Waals surface area contributed by atoms with Crippen molar-refractivity contribution in [3.63, 3.8) is 0 Å². The third-order valence-electron chi connectivity index (χ3n) is 2.48. The lowest BCUT2D eigenvalue weighted by molar-refractivity contribution is 0.584. The van der Waals surface area contributed by atoms with Gasteiger partial charge in [-0.3, -0.25) is 0 Å². The van der Waals surface area contributed by atoms with Crippen LogP contribution in [0.1, 0.15) is 21.6 Å². The molecular weight excluding hydrogens is 286 g/mol. The number of hydrogen-bond donors (Lipinski definition) is 1. The van der Waals surface area contributed by atoms with E-state index in [4.69, 9.17) is 0 Å². The third-order valence-corrected chi connectivity index (χ3v) is 6.61. The number of rotatable bonds is 5. The Hall–Kier alpha value is -0.690. The molecule has 2 rings (SSSR count). The second-order valence-corrected chi connectivity index (χ2v) is 8.45. The third kappa shape index (κ3) is 3.20. The van der Waals surface area contributed by atoms with Crippen LogP contribution < -0.4 is 4.72 Å². The van der Waals surface area contributed by atoms with Crippen LogP contribution in [0.15, 0.2) is 28.5 Å². The fourth-order valence-corrected chi connectivity index (χ4v) is 4.82. The van der Waals surface area contributed by atoms with Crippen molar-refractivity contribution in [1.29, 1.82) is 0 Å². The molecule has 2 aromatic rings. The average Bonchev–Trinajstić information content (AvgIpc) is 2.95. The summed E-state index contributed by atoms with van der Waals surface area (Å²) in [5.41, 5.74) is 0. The molecule has 6 heteroatoms. The molecule has 0 atom stereocenters. The molecule has 0 bridgehead atoms. The van der Waals surface area contributed by atoms with E-state index in [-0.39, 0.29) is 0 Å². The predicted molar refractivity (Wildman–Crippen MR) is 76.8 cm³/mol. The van der Waals surface area contributed by atoms with Crippen molar-refractivity contribution >= 4 is 32.7 Å². The molecule has 0 saturated carbocycles. The largest absolute Gasteiger partial charge is 0.250 e. The molecule has 1 N–H and O–H groups in total. The number of aryl methyl sites for hydroxylation is 2. The minimum Gasteiger partial charge on any atom is -0.206 e. The molecule has 0 saturated heterocycles. The fourth-order valence-electron chi connectivity index (χ4n) is 1.50. The Morgan fingerprint density at radius 3 is 2.39 bits per heavy atom. The summed E-state index contributed by atoms with van der Waals surface area (Å²) in [7, 11) is -3.36. The highest BCUT2D eigenvalue weighted by Crippen LogP contribution is 2.21. The topological polar surface area (TPSA) is 46.2 Å².